The van der Waals surface area contributed by atoms with E-state index < -0.39 is 0 Å². The number of thiazole rings is 1. The number of amides is 1. The van der Waals surface area contributed by atoms with E-state index in [0.717, 1.165) is 35.2 Å². The van der Waals surface area contributed by atoms with Crippen LogP contribution >= 0.6 is 11.3 Å². The van der Waals surface area contributed by atoms with Crippen molar-refractivity contribution in [2.75, 3.05) is 6.54 Å². The molecule has 0 unspecified atom stereocenters. The average Bonchev–Trinajstić information content (AvgIpc) is 3.34. The Balaban J connectivity index is 1.80. The molecule has 0 spiro atoms. The second kappa shape index (κ2) is 6.40. The van der Waals surface area contributed by atoms with Gasteiger partial charge in [0.25, 0.3) is 0 Å². The van der Waals surface area contributed by atoms with E-state index in [1.54, 1.807) is 11.3 Å². The lowest BCUT2D eigenvalue weighted by molar-refractivity contribution is -0.129. The third-order valence-corrected chi connectivity index (χ3v) is 5.21. The monoisotopic (exact) mass is 353 g/mol. The quantitative estimate of drug-likeness (QED) is 0.721. The summed E-state index contributed by atoms with van der Waals surface area (Å²) in [5.41, 5.74) is 1.71. The lowest BCUT2D eigenvalue weighted by Crippen LogP contribution is -2.29. The van der Waals surface area contributed by atoms with Gasteiger partial charge in [0.15, 0.2) is 5.82 Å². The van der Waals surface area contributed by atoms with E-state index in [1.807, 2.05) is 59.1 Å². The fourth-order valence-electron chi connectivity index (χ4n) is 3.15. The molecule has 0 aliphatic carbocycles. The SMILES string of the molecule is Cc1nc(-c2nc([C@@H](C)N3CCCC3=O)n(-c3ccccc3)n2)cs1. The highest BCUT2D eigenvalue weighted by Gasteiger charge is 2.30. The highest BCUT2D eigenvalue weighted by molar-refractivity contribution is 7.09. The summed E-state index contributed by atoms with van der Waals surface area (Å²) in [6.07, 6.45) is 1.52. The Morgan fingerprint density at radius 1 is 1.20 bits per heavy atom. The largest absolute Gasteiger partial charge is 0.333 e. The van der Waals surface area contributed by atoms with Crippen LogP contribution in [0.2, 0.25) is 0 Å². The van der Waals surface area contributed by atoms with Gasteiger partial charge in [0.2, 0.25) is 11.7 Å². The number of likely N-dealkylation sites (tertiary alicyclic amines) is 1. The van der Waals surface area contributed by atoms with Crippen molar-refractivity contribution in [3.05, 3.63) is 46.5 Å². The minimum absolute atomic E-state index is 0.129. The minimum atomic E-state index is -0.129. The van der Waals surface area contributed by atoms with E-state index in [-0.39, 0.29) is 11.9 Å². The Bertz CT molecular complexity index is 901. The van der Waals surface area contributed by atoms with Gasteiger partial charge in [0.1, 0.15) is 5.69 Å². The molecule has 1 atom stereocenters. The molecule has 128 valence electrons. The maximum atomic E-state index is 12.2. The first kappa shape index (κ1) is 16.0. The lowest BCUT2D eigenvalue weighted by atomic mass is 10.2. The molecule has 1 aliphatic rings. The molecule has 4 rings (SSSR count). The first-order valence-electron chi connectivity index (χ1n) is 8.38. The summed E-state index contributed by atoms with van der Waals surface area (Å²) in [5.74, 6) is 1.55. The van der Waals surface area contributed by atoms with Crippen LogP contribution in [0.1, 0.15) is 36.6 Å². The molecular weight excluding hydrogens is 334 g/mol. The van der Waals surface area contributed by atoms with Crippen molar-refractivity contribution in [3.63, 3.8) is 0 Å². The molecule has 1 amide bonds. The fraction of sp³-hybridized carbons (Fsp3) is 0.333. The van der Waals surface area contributed by atoms with E-state index in [9.17, 15) is 4.79 Å². The van der Waals surface area contributed by atoms with Gasteiger partial charge >= 0.3 is 0 Å². The number of aryl methyl sites for hydroxylation is 1. The van der Waals surface area contributed by atoms with Crippen LogP contribution in [0, 0.1) is 6.92 Å². The molecular formula is C18H19N5OS. The zero-order valence-electron chi connectivity index (χ0n) is 14.2. The zero-order chi connectivity index (χ0) is 17.4. The molecule has 0 radical (unpaired) electrons. The summed E-state index contributed by atoms with van der Waals surface area (Å²) in [4.78, 5) is 23.3. The molecule has 2 aromatic heterocycles. The zero-order valence-corrected chi connectivity index (χ0v) is 15.0. The molecule has 3 heterocycles. The van der Waals surface area contributed by atoms with Crippen molar-refractivity contribution in [3.8, 4) is 17.2 Å². The van der Waals surface area contributed by atoms with Crippen LogP contribution in [0.3, 0.4) is 0 Å². The Morgan fingerprint density at radius 2 is 2.00 bits per heavy atom. The van der Waals surface area contributed by atoms with E-state index in [4.69, 9.17) is 10.1 Å². The predicted molar refractivity (Wildman–Crippen MR) is 96.6 cm³/mol. The maximum absolute atomic E-state index is 12.2. The molecule has 7 heteroatoms. The number of carbonyl (C=O) groups excluding carboxylic acids is 1. The molecule has 1 aromatic carbocycles. The first-order chi connectivity index (χ1) is 12.1. The van der Waals surface area contributed by atoms with Crippen LogP contribution in [0.25, 0.3) is 17.2 Å². The third-order valence-electron chi connectivity index (χ3n) is 4.43. The van der Waals surface area contributed by atoms with Crippen molar-refractivity contribution in [1.29, 1.82) is 0 Å². The summed E-state index contributed by atoms with van der Waals surface area (Å²) >= 11 is 1.58. The minimum Gasteiger partial charge on any atom is -0.333 e. The van der Waals surface area contributed by atoms with Crippen molar-refractivity contribution in [2.45, 2.75) is 32.7 Å². The van der Waals surface area contributed by atoms with Gasteiger partial charge in [-0.25, -0.2) is 14.6 Å². The second-order valence-electron chi connectivity index (χ2n) is 6.16. The molecule has 1 aliphatic heterocycles. The van der Waals surface area contributed by atoms with Gasteiger partial charge in [0.05, 0.1) is 16.7 Å². The summed E-state index contributed by atoms with van der Waals surface area (Å²) in [6.45, 7) is 4.75. The topological polar surface area (TPSA) is 63.9 Å². The number of para-hydroxylation sites is 1. The molecule has 6 nitrogen and oxygen atoms in total. The Labute approximate surface area is 150 Å². The number of rotatable bonds is 4. The predicted octanol–water partition coefficient (Wildman–Crippen LogP) is 3.38. The number of hydrogen-bond acceptors (Lipinski definition) is 5. The summed E-state index contributed by atoms with van der Waals surface area (Å²) in [7, 11) is 0. The van der Waals surface area contributed by atoms with Crippen molar-refractivity contribution in [1.82, 2.24) is 24.6 Å². The van der Waals surface area contributed by atoms with Gasteiger partial charge in [-0.05, 0) is 32.4 Å². The summed E-state index contributed by atoms with van der Waals surface area (Å²) in [5, 5.41) is 7.64. The molecule has 3 aromatic rings. The van der Waals surface area contributed by atoms with Gasteiger partial charge in [-0.15, -0.1) is 16.4 Å². The molecule has 0 N–H and O–H groups in total. The Hall–Kier alpha value is -2.54. The van der Waals surface area contributed by atoms with E-state index in [2.05, 4.69) is 4.98 Å². The fourth-order valence-corrected chi connectivity index (χ4v) is 3.74. The van der Waals surface area contributed by atoms with Crippen molar-refractivity contribution in [2.24, 2.45) is 0 Å². The van der Waals surface area contributed by atoms with Crippen LogP contribution in [-0.2, 0) is 4.79 Å². The number of hydrogen-bond donors (Lipinski definition) is 0. The second-order valence-corrected chi connectivity index (χ2v) is 7.22. The first-order valence-corrected chi connectivity index (χ1v) is 9.26. The van der Waals surface area contributed by atoms with Crippen LogP contribution in [0.15, 0.2) is 35.7 Å². The van der Waals surface area contributed by atoms with Gasteiger partial charge < -0.3 is 4.90 Å². The third kappa shape index (κ3) is 2.95. The summed E-state index contributed by atoms with van der Waals surface area (Å²) < 4.78 is 1.83. The molecule has 25 heavy (non-hydrogen) atoms. The lowest BCUT2D eigenvalue weighted by Gasteiger charge is -2.23. The smallest absolute Gasteiger partial charge is 0.223 e. The van der Waals surface area contributed by atoms with Crippen LogP contribution < -0.4 is 0 Å². The number of carbonyl (C=O) groups is 1. The maximum Gasteiger partial charge on any atom is 0.223 e. The Kier molecular flexibility index (Phi) is 4.09. The molecule has 0 saturated carbocycles. The molecule has 1 fully saturated rings. The molecule has 1 saturated heterocycles. The highest BCUT2D eigenvalue weighted by atomic mass is 32.1. The van der Waals surface area contributed by atoms with Crippen molar-refractivity contribution < 1.29 is 4.79 Å². The van der Waals surface area contributed by atoms with Crippen molar-refractivity contribution >= 4 is 17.2 Å². The van der Waals surface area contributed by atoms with Gasteiger partial charge in [-0.3, -0.25) is 4.79 Å². The Morgan fingerprint density at radius 3 is 2.64 bits per heavy atom. The van der Waals surface area contributed by atoms with E-state index in [1.165, 1.54) is 0 Å². The normalized spacial score (nSPS) is 15.8. The number of benzene rings is 1. The molecule has 0 bridgehead atoms. The van der Waals surface area contributed by atoms with Crippen LogP contribution in [0.4, 0.5) is 0 Å². The number of aromatic nitrogens is 4. The van der Waals surface area contributed by atoms with Gasteiger partial charge in [-0.1, -0.05) is 18.2 Å². The van der Waals surface area contributed by atoms with E-state index in [0.29, 0.717) is 12.2 Å². The summed E-state index contributed by atoms with van der Waals surface area (Å²) in [6, 6.07) is 9.77. The van der Waals surface area contributed by atoms with Crippen LogP contribution in [-0.4, -0.2) is 37.1 Å². The average molecular weight is 353 g/mol. The number of nitrogens with zero attached hydrogens (tertiary/aromatic N) is 5. The standard InChI is InChI=1S/C18H19N5OS/c1-12(22-10-6-9-16(22)24)18-20-17(15-11-25-13(2)19-15)21-23(18)14-7-4-3-5-8-14/h3-5,7-8,11-12H,6,9-10H2,1-2H3/t12-/m1/s1. The van der Waals surface area contributed by atoms with E-state index >= 15 is 0 Å². The van der Waals surface area contributed by atoms with Crippen LogP contribution in [0.5, 0.6) is 0 Å². The van der Waals surface area contributed by atoms with Gasteiger partial charge in [0, 0.05) is 18.3 Å². The van der Waals surface area contributed by atoms with Gasteiger partial charge in [-0.2, -0.15) is 0 Å². The highest BCUT2D eigenvalue weighted by Crippen LogP contribution is 2.28.